The van der Waals surface area contributed by atoms with Crippen molar-refractivity contribution in [1.29, 1.82) is 0 Å². The molecule has 1 aliphatic rings. The third-order valence-electron chi connectivity index (χ3n) is 2.74. The van der Waals surface area contributed by atoms with E-state index in [1.165, 1.54) is 0 Å². The standard InChI is InChI=1S/C11H15N3O2S/c12-9(11(16)14-5-6-17-7-14)10(15)8-1-3-13-4-2-8/h1-4,9-10,15H,5-7,12H2/t9?,10-/m0/s1. The first-order chi connectivity index (χ1) is 8.20. The van der Waals surface area contributed by atoms with Crippen LogP contribution in [-0.4, -0.2) is 45.1 Å². The average Bonchev–Trinajstić information content (AvgIpc) is 2.91. The van der Waals surface area contributed by atoms with Crippen LogP contribution in [0.15, 0.2) is 24.5 Å². The summed E-state index contributed by atoms with van der Waals surface area (Å²) in [6.45, 7) is 0.709. The maximum Gasteiger partial charge on any atom is 0.243 e. The molecular weight excluding hydrogens is 238 g/mol. The lowest BCUT2D eigenvalue weighted by molar-refractivity contribution is -0.133. The van der Waals surface area contributed by atoms with Gasteiger partial charge in [-0.1, -0.05) is 0 Å². The molecule has 0 saturated carbocycles. The maximum atomic E-state index is 12.0. The summed E-state index contributed by atoms with van der Waals surface area (Å²) in [5.41, 5.74) is 6.42. The first-order valence-electron chi connectivity index (χ1n) is 5.40. The summed E-state index contributed by atoms with van der Waals surface area (Å²) in [6.07, 6.45) is 2.17. The van der Waals surface area contributed by atoms with Crippen LogP contribution in [0.3, 0.4) is 0 Å². The van der Waals surface area contributed by atoms with Crippen molar-refractivity contribution in [3.63, 3.8) is 0 Å². The Hall–Kier alpha value is -1.11. The Labute approximate surface area is 104 Å². The molecule has 6 heteroatoms. The van der Waals surface area contributed by atoms with Gasteiger partial charge < -0.3 is 15.7 Å². The number of pyridine rings is 1. The molecule has 92 valence electrons. The Balaban J connectivity index is 2.04. The van der Waals surface area contributed by atoms with Crippen LogP contribution in [0.1, 0.15) is 11.7 Å². The van der Waals surface area contributed by atoms with E-state index in [2.05, 4.69) is 4.98 Å². The molecule has 5 nitrogen and oxygen atoms in total. The van der Waals surface area contributed by atoms with Gasteiger partial charge in [-0.2, -0.15) is 0 Å². The zero-order chi connectivity index (χ0) is 12.3. The summed E-state index contributed by atoms with van der Waals surface area (Å²) in [5.74, 6) is 1.40. The fourth-order valence-electron chi connectivity index (χ4n) is 1.70. The van der Waals surface area contributed by atoms with Crippen molar-refractivity contribution in [3.05, 3.63) is 30.1 Å². The minimum atomic E-state index is -0.976. The minimum Gasteiger partial charge on any atom is -0.386 e. The van der Waals surface area contributed by atoms with Crippen molar-refractivity contribution in [1.82, 2.24) is 9.88 Å². The third-order valence-corrected chi connectivity index (χ3v) is 3.70. The lowest BCUT2D eigenvalue weighted by Gasteiger charge is -2.23. The van der Waals surface area contributed by atoms with Gasteiger partial charge in [0.15, 0.2) is 0 Å². The fourth-order valence-corrected chi connectivity index (χ4v) is 2.66. The van der Waals surface area contributed by atoms with Gasteiger partial charge in [0.2, 0.25) is 5.91 Å². The van der Waals surface area contributed by atoms with E-state index in [4.69, 9.17) is 5.73 Å². The Bertz CT molecular complexity index is 382. The summed E-state index contributed by atoms with van der Waals surface area (Å²) >= 11 is 1.69. The van der Waals surface area contributed by atoms with Gasteiger partial charge in [-0.25, -0.2) is 0 Å². The first-order valence-corrected chi connectivity index (χ1v) is 6.55. The van der Waals surface area contributed by atoms with E-state index in [1.54, 1.807) is 41.2 Å². The number of nitrogens with two attached hydrogens (primary N) is 1. The van der Waals surface area contributed by atoms with Crippen LogP contribution < -0.4 is 5.73 Å². The molecule has 17 heavy (non-hydrogen) atoms. The monoisotopic (exact) mass is 253 g/mol. The smallest absolute Gasteiger partial charge is 0.243 e. The molecule has 0 aliphatic carbocycles. The number of hydrogen-bond acceptors (Lipinski definition) is 5. The molecule has 1 aromatic heterocycles. The van der Waals surface area contributed by atoms with Crippen molar-refractivity contribution in [2.24, 2.45) is 5.73 Å². The number of rotatable bonds is 3. The highest BCUT2D eigenvalue weighted by Crippen LogP contribution is 2.19. The highest BCUT2D eigenvalue weighted by Gasteiger charge is 2.29. The van der Waals surface area contributed by atoms with Crippen molar-refractivity contribution in [3.8, 4) is 0 Å². The van der Waals surface area contributed by atoms with Gasteiger partial charge >= 0.3 is 0 Å². The number of aliphatic hydroxyl groups is 1. The van der Waals surface area contributed by atoms with Crippen molar-refractivity contribution in [2.45, 2.75) is 12.1 Å². The summed E-state index contributed by atoms with van der Waals surface area (Å²) < 4.78 is 0. The van der Waals surface area contributed by atoms with E-state index in [-0.39, 0.29) is 5.91 Å². The number of amides is 1. The zero-order valence-corrected chi connectivity index (χ0v) is 10.1. The number of aromatic nitrogens is 1. The van der Waals surface area contributed by atoms with Gasteiger partial charge in [-0.15, -0.1) is 11.8 Å². The summed E-state index contributed by atoms with van der Waals surface area (Å²) in [4.78, 5) is 17.5. The van der Waals surface area contributed by atoms with E-state index in [0.717, 1.165) is 5.75 Å². The van der Waals surface area contributed by atoms with Crippen LogP contribution >= 0.6 is 11.8 Å². The molecule has 2 atom stereocenters. The molecule has 1 saturated heterocycles. The van der Waals surface area contributed by atoms with Crippen LogP contribution in [0.2, 0.25) is 0 Å². The van der Waals surface area contributed by atoms with Crippen LogP contribution in [0.5, 0.6) is 0 Å². The van der Waals surface area contributed by atoms with Crippen molar-refractivity contribution >= 4 is 17.7 Å². The third kappa shape index (κ3) is 2.77. The number of nitrogens with zero attached hydrogens (tertiary/aromatic N) is 2. The zero-order valence-electron chi connectivity index (χ0n) is 9.32. The molecular formula is C11H15N3O2S. The van der Waals surface area contributed by atoms with Crippen molar-refractivity contribution < 1.29 is 9.90 Å². The second-order valence-electron chi connectivity index (χ2n) is 3.89. The number of hydrogen-bond donors (Lipinski definition) is 2. The molecule has 0 bridgehead atoms. The maximum absolute atomic E-state index is 12.0. The summed E-state index contributed by atoms with van der Waals surface area (Å²) in [7, 11) is 0. The Kier molecular flexibility index (Phi) is 3.98. The summed E-state index contributed by atoms with van der Waals surface area (Å²) in [6, 6.07) is 2.42. The van der Waals surface area contributed by atoms with Gasteiger partial charge in [-0.05, 0) is 17.7 Å². The lowest BCUT2D eigenvalue weighted by atomic mass is 10.0. The van der Waals surface area contributed by atoms with E-state index in [9.17, 15) is 9.90 Å². The van der Waals surface area contributed by atoms with E-state index in [0.29, 0.717) is 18.0 Å². The molecule has 2 rings (SSSR count). The van der Waals surface area contributed by atoms with E-state index in [1.807, 2.05) is 0 Å². The van der Waals surface area contributed by atoms with Crippen molar-refractivity contribution in [2.75, 3.05) is 18.2 Å². The number of thioether (sulfide) groups is 1. The molecule has 1 aliphatic heterocycles. The predicted octanol–water partition coefficient (Wildman–Crippen LogP) is -0.0248. The Morgan fingerprint density at radius 1 is 1.53 bits per heavy atom. The average molecular weight is 253 g/mol. The molecule has 1 aromatic rings. The molecule has 0 spiro atoms. The van der Waals surface area contributed by atoms with Gasteiger partial charge in [-0.3, -0.25) is 9.78 Å². The normalized spacial score (nSPS) is 19.1. The predicted molar refractivity (Wildman–Crippen MR) is 66.2 cm³/mol. The van der Waals surface area contributed by atoms with Gasteiger partial charge in [0.05, 0.1) is 5.88 Å². The highest BCUT2D eigenvalue weighted by atomic mass is 32.2. The largest absolute Gasteiger partial charge is 0.386 e. The van der Waals surface area contributed by atoms with Crippen LogP contribution in [0.4, 0.5) is 0 Å². The number of carbonyl (C=O) groups is 1. The topological polar surface area (TPSA) is 79.5 Å². The van der Waals surface area contributed by atoms with Crippen LogP contribution in [-0.2, 0) is 4.79 Å². The molecule has 0 radical (unpaired) electrons. The lowest BCUT2D eigenvalue weighted by Crippen LogP contribution is -2.45. The number of aliphatic hydroxyl groups excluding tert-OH is 1. The molecule has 2 heterocycles. The second kappa shape index (κ2) is 5.48. The Morgan fingerprint density at radius 3 is 2.82 bits per heavy atom. The van der Waals surface area contributed by atoms with Gasteiger partial charge in [0.1, 0.15) is 12.1 Å². The quantitative estimate of drug-likeness (QED) is 0.791. The van der Waals surface area contributed by atoms with Gasteiger partial charge in [0, 0.05) is 24.7 Å². The molecule has 3 N–H and O–H groups in total. The molecule has 1 unspecified atom stereocenters. The van der Waals surface area contributed by atoms with Crippen LogP contribution in [0, 0.1) is 0 Å². The fraction of sp³-hybridized carbons (Fsp3) is 0.455. The SMILES string of the molecule is NC(C(=O)N1CCSC1)[C@@H](O)c1ccncc1. The molecule has 1 amide bonds. The van der Waals surface area contributed by atoms with E-state index < -0.39 is 12.1 Å². The molecule has 0 aromatic carbocycles. The number of carbonyl (C=O) groups excluding carboxylic acids is 1. The van der Waals surface area contributed by atoms with Gasteiger partial charge in [0.25, 0.3) is 0 Å². The Morgan fingerprint density at radius 2 is 2.24 bits per heavy atom. The first kappa shape index (κ1) is 12.3. The minimum absolute atomic E-state index is 0.195. The molecule has 1 fully saturated rings. The van der Waals surface area contributed by atoms with E-state index >= 15 is 0 Å². The van der Waals surface area contributed by atoms with Crippen LogP contribution in [0.25, 0.3) is 0 Å². The second-order valence-corrected chi connectivity index (χ2v) is 4.96. The highest BCUT2D eigenvalue weighted by molar-refractivity contribution is 7.99. The summed E-state index contributed by atoms with van der Waals surface area (Å²) in [5, 5.41) is 10.0.